The van der Waals surface area contributed by atoms with E-state index in [4.69, 9.17) is 0 Å². The summed E-state index contributed by atoms with van der Waals surface area (Å²) in [6.45, 7) is 9.69. The summed E-state index contributed by atoms with van der Waals surface area (Å²) < 4.78 is 1.10. The fourth-order valence-corrected chi connectivity index (χ4v) is 2.56. The zero-order chi connectivity index (χ0) is 14.3. The van der Waals surface area contributed by atoms with Crippen LogP contribution < -0.4 is 0 Å². The number of aliphatic hydroxyl groups is 1. The third-order valence-corrected chi connectivity index (χ3v) is 4.25. The van der Waals surface area contributed by atoms with Crippen LogP contribution in [0.3, 0.4) is 0 Å². The van der Waals surface area contributed by atoms with Gasteiger partial charge in [0.2, 0.25) is 0 Å². The Morgan fingerprint density at radius 1 is 1.16 bits per heavy atom. The summed E-state index contributed by atoms with van der Waals surface area (Å²) in [6, 6.07) is 6.09. The summed E-state index contributed by atoms with van der Waals surface area (Å²) in [6.07, 6.45) is 2.80. The Morgan fingerprint density at radius 3 is 2.32 bits per heavy atom. The smallest absolute Gasteiger partial charge is 0.0802 e. The Bertz CT molecular complexity index is 375. The lowest BCUT2D eigenvalue weighted by molar-refractivity contribution is 0.141. The second-order valence-electron chi connectivity index (χ2n) is 5.15. The molecular weight excluding hydrogens is 302 g/mol. The summed E-state index contributed by atoms with van der Waals surface area (Å²) in [5.74, 6) is 0. The Morgan fingerprint density at radius 2 is 1.79 bits per heavy atom. The second kappa shape index (κ2) is 8.72. The van der Waals surface area contributed by atoms with E-state index in [0.29, 0.717) is 0 Å². The highest BCUT2D eigenvalue weighted by Gasteiger charge is 2.11. The molecule has 0 fully saturated rings. The van der Waals surface area contributed by atoms with Gasteiger partial charge in [-0.25, -0.2) is 0 Å². The lowest BCUT2D eigenvalue weighted by Crippen LogP contribution is -2.27. The molecule has 0 saturated carbocycles. The van der Waals surface area contributed by atoms with Crippen LogP contribution in [0, 0.1) is 6.92 Å². The number of halogens is 1. The van der Waals surface area contributed by atoms with Crippen molar-refractivity contribution >= 4 is 15.9 Å². The van der Waals surface area contributed by atoms with E-state index in [0.717, 1.165) is 36.1 Å². The van der Waals surface area contributed by atoms with E-state index < -0.39 is 0 Å². The zero-order valence-electron chi connectivity index (χ0n) is 12.3. The molecule has 1 N–H and O–H groups in total. The molecule has 1 aromatic carbocycles. The molecule has 0 saturated heterocycles. The van der Waals surface area contributed by atoms with Crippen molar-refractivity contribution in [2.75, 3.05) is 19.6 Å². The zero-order valence-corrected chi connectivity index (χ0v) is 13.9. The number of hydrogen-bond acceptors (Lipinski definition) is 2. The Hall–Kier alpha value is -0.380. The normalized spacial score (nSPS) is 12.9. The lowest BCUT2D eigenvalue weighted by atomic mass is 10.0. The largest absolute Gasteiger partial charge is 0.388 e. The Labute approximate surface area is 126 Å². The van der Waals surface area contributed by atoms with E-state index >= 15 is 0 Å². The predicted octanol–water partition coefficient (Wildman–Crippen LogP) is 4.30. The van der Waals surface area contributed by atoms with Crippen molar-refractivity contribution in [2.45, 2.75) is 46.1 Å². The van der Waals surface area contributed by atoms with Crippen molar-refractivity contribution in [3.8, 4) is 0 Å². The van der Waals surface area contributed by atoms with Crippen LogP contribution in [0.5, 0.6) is 0 Å². The molecule has 1 unspecified atom stereocenters. The molecule has 19 heavy (non-hydrogen) atoms. The minimum absolute atomic E-state index is 0.358. The van der Waals surface area contributed by atoms with Gasteiger partial charge in [-0.2, -0.15) is 0 Å². The minimum atomic E-state index is -0.358. The molecule has 0 aromatic heterocycles. The molecule has 0 spiro atoms. The van der Waals surface area contributed by atoms with Gasteiger partial charge in [0.15, 0.2) is 0 Å². The van der Waals surface area contributed by atoms with E-state index in [1.807, 2.05) is 12.1 Å². The van der Waals surface area contributed by atoms with Gasteiger partial charge in [-0.1, -0.05) is 41.9 Å². The van der Waals surface area contributed by atoms with Crippen molar-refractivity contribution in [1.82, 2.24) is 4.90 Å². The van der Waals surface area contributed by atoms with Crippen LogP contribution in [-0.2, 0) is 0 Å². The van der Waals surface area contributed by atoms with E-state index in [2.05, 4.69) is 47.7 Å². The quantitative estimate of drug-likeness (QED) is 0.769. The van der Waals surface area contributed by atoms with Gasteiger partial charge in [-0.15, -0.1) is 0 Å². The highest BCUT2D eigenvalue weighted by atomic mass is 79.9. The van der Waals surface area contributed by atoms with E-state index in [1.54, 1.807) is 0 Å². The van der Waals surface area contributed by atoms with Crippen LogP contribution in [0.2, 0.25) is 0 Å². The van der Waals surface area contributed by atoms with E-state index in [-0.39, 0.29) is 6.10 Å². The van der Waals surface area contributed by atoms with Crippen LogP contribution in [0.25, 0.3) is 0 Å². The maximum Gasteiger partial charge on any atom is 0.0802 e. The van der Waals surface area contributed by atoms with Gasteiger partial charge >= 0.3 is 0 Å². The number of hydrogen-bond donors (Lipinski definition) is 1. The SMILES string of the molecule is CCCN(CCC)CCC(O)c1ccc(Br)c(C)c1. The third-order valence-electron chi connectivity index (χ3n) is 3.37. The summed E-state index contributed by atoms with van der Waals surface area (Å²) in [4.78, 5) is 2.44. The highest BCUT2D eigenvalue weighted by Crippen LogP contribution is 2.23. The molecule has 2 nitrogen and oxygen atoms in total. The van der Waals surface area contributed by atoms with Crippen LogP contribution in [0.1, 0.15) is 50.3 Å². The van der Waals surface area contributed by atoms with Gasteiger partial charge in [0, 0.05) is 11.0 Å². The maximum absolute atomic E-state index is 10.3. The highest BCUT2D eigenvalue weighted by molar-refractivity contribution is 9.10. The molecule has 0 amide bonds. The first-order valence-electron chi connectivity index (χ1n) is 7.25. The topological polar surface area (TPSA) is 23.5 Å². The molecule has 0 bridgehead atoms. The monoisotopic (exact) mass is 327 g/mol. The molecule has 1 atom stereocenters. The molecule has 1 rings (SSSR count). The fourth-order valence-electron chi connectivity index (χ4n) is 2.31. The van der Waals surface area contributed by atoms with Crippen LogP contribution in [0.4, 0.5) is 0 Å². The molecule has 1 aromatic rings. The Kier molecular flexibility index (Phi) is 7.66. The summed E-state index contributed by atoms with van der Waals surface area (Å²) in [5.41, 5.74) is 2.20. The van der Waals surface area contributed by atoms with Crippen molar-refractivity contribution in [3.63, 3.8) is 0 Å². The minimum Gasteiger partial charge on any atom is -0.388 e. The first-order chi connectivity index (χ1) is 9.08. The first-order valence-corrected chi connectivity index (χ1v) is 8.04. The second-order valence-corrected chi connectivity index (χ2v) is 6.01. The Balaban J connectivity index is 2.53. The van der Waals surface area contributed by atoms with Gasteiger partial charge in [0.25, 0.3) is 0 Å². The third kappa shape index (κ3) is 5.64. The molecule has 3 heteroatoms. The van der Waals surface area contributed by atoms with Crippen LogP contribution >= 0.6 is 15.9 Å². The predicted molar refractivity (Wildman–Crippen MR) is 85.5 cm³/mol. The average Bonchev–Trinajstić information content (AvgIpc) is 2.39. The number of rotatable bonds is 8. The number of aliphatic hydroxyl groups excluding tert-OH is 1. The van der Waals surface area contributed by atoms with Crippen LogP contribution in [0.15, 0.2) is 22.7 Å². The maximum atomic E-state index is 10.3. The number of benzene rings is 1. The van der Waals surface area contributed by atoms with Gasteiger partial charge in [0.05, 0.1) is 6.10 Å². The first kappa shape index (κ1) is 16.7. The summed E-state index contributed by atoms with van der Waals surface area (Å²) in [7, 11) is 0. The molecule has 108 valence electrons. The van der Waals surface area contributed by atoms with Gasteiger partial charge < -0.3 is 10.0 Å². The summed E-state index contributed by atoms with van der Waals surface area (Å²) >= 11 is 3.49. The van der Waals surface area contributed by atoms with Gasteiger partial charge in [0.1, 0.15) is 0 Å². The molecule has 0 aliphatic carbocycles. The summed E-state index contributed by atoms with van der Waals surface area (Å²) in [5, 5.41) is 10.3. The molecule has 0 heterocycles. The van der Waals surface area contributed by atoms with Crippen molar-refractivity contribution in [1.29, 1.82) is 0 Å². The van der Waals surface area contributed by atoms with Crippen molar-refractivity contribution in [2.24, 2.45) is 0 Å². The van der Waals surface area contributed by atoms with E-state index in [1.165, 1.54) is 18.4 Å². The lowest BCUT2D eigenvalue weighted by Gasteiger charge is -2.22. The average molecular weight is 328 g/mol. The van der Waals surface area contributed by atoms with Gasteiger partial charge in [-0.3, -0.25) is 0 Å². The van der Waals surface area contributed by atoms with Crippen molar-refractivity contribution < 1.29 is 5.11 Å². The molecular formula is C16H26BrNO. The van der Waals surface area contributed by atoms with Crippen LogP contribution in [-0.4, -0.2) is 29.6 Å². The standard InChI is InChI=1S/C16H26BrNO/c1-4-9-18(10-5-2)11-8-16(19)14-6-7-15(17)13(3)12-14/h6-7,12,16,19H,4-5,8-11H2,1-3H3. The molecule has 0 aliphatic heterocycles. The molecule has 0 aliphatic rings. The van der Waals surface area contributed by atoms with Gasteiger partial charge in [-0.05, 0) is 56.5 Å². The molecule has 0 radical (unpaired) electrons. The van der Waals surface area contributed by atoms with Crippen molar-refractivity contribution in [3.05, 3.63) is 33.8 Å². The fraction of sp³-hybridized carbons (Fsp3) is 0.625. The number of nitrogens with zero attached hydrogens (tertiary/aromatic N) is 1. The van der Waals surface area contributed by atoms with E-state index in [9.17, 15) is 5.11 Å². The number of aryl methyl sites for hydroxylation is 1.